The molecule has 0 amide bonds. The Labute approximate surface area is 69.9 Å². The lowest BCUT2D eigenvalue weighted by Gasteiger charge is -2.14. The summed E-state index contributed by atoms with van der Waals surface area (Å²) in [4.78, 5) is 0. The molecule has 0 saturated heterocycles. The van der Waals surface area contributed by atoms with Gasteiger partial charge in [0.1, 0.15) is 0 Å². The number of hydrogen-bond acceptors (Lipinski definition) is 2. The van der Waals surface area contributed by atoms with Crippen LogP contribution in [0, 0.1) is 17.4 Å². The third-order valence-corrected chi connectivity index (χ3v) is 1.85. The monoisotopic (exact) mass is 156 g/mol. The normalized spacial score (nSPS) is 13.5. The smallest absolute Gasteiger partial charge is 0.0624 e. The summed E-state index contributed by atoms with van der Waals surface area (Å²) in [5.74, 6) is 1.39. The van der Waals surface area contributed by atoms with Crippen LogP contribution in [0.5, 0.6) is 0 Å². The van der Waals surface area contributed by atoms with Crippen molar-refractivity contribution in [2.45, 2.75) is 40.0 Å². The Hall–Kier alpha value is -0.400. The maximum atomic E-state index is 6.78. The molecule has 11 heavy (non-hydrogen) atoms. The summed E-state index contributed by atoms with van der Waals surface area (Å²) in [6.45, 7) is 7.38. The zero-order valence-electron chi connectivity index (χ0n) is 7.93. The molecule has 0 aromatic heterocycles. The molecule has 0 heterocycles. The summed E-state index contributed by atoms with van der Waals surface area (Å²) in [6, 6.07) is 0. The van der Waals surface area contributed by atoms with Crippen LogP contribution in [-0.2, 0) is 0 Å². The highest BCUT2D eigenvalue weighted by molar-refractivity contribution is 4.62. The summed E-state index contributed by atoms with van der Waals surface area (Å²) in [5.41, 5.74) is 6.78. The topological polar surface area (TPSA) is 36.2 Å². The minimum absolute atomic E-state index is 0.650. The molecule has 1 unspecified atom stereocenters. The quantitative estimate of drug-likeness (QED) is 0.572. The zero-order valence-corrected chi connectivity index (χ0v) is 7.93. The Balaban J connectivity index is 3.58. The van der Waals surface area contributed by atoms with Crippen LogP contribution in [0.3, 0.4) is 0 Å². The second-order valence-electron chi connectivity index (χ2n) is 3.62. The van der Waals surface area contributed by atoms with Gasteiger partial charge in [-0.3, -0.25) is 0 Å². The summed E-state index contributed by atoms with van der Waals surface area (Å²) in [5, 5.41) is 3.46. The van der Waals surface area contributed by atoms with Crippen LogP contribution in [0.15, 0.2) is 5.11 Å². The van der Waals surface area contributed by atoms with E-state index in [1.165, 1.54) is 19.3 Å². The van der Waals surface area contributed by atoms with Gasteiger partial charge in [-0.25, -0.2) is 5.53 Å². The molecule has 0 rings (SSSR count). The van der Waals surface area contributed by atoms with Gasteiger partial charge in [-0.15, -0.1) is 0 Å². The Bertz CT molecular complexity index is 99.7. The predicted octanol–water partition coefficient (Wildman–Crippen LogP) is 3.48. The first kappa shape index (κ1) is 10.6. The fourth-order valence-corrected chi connectivity index (χ4v) is 1.49. The largest absolute Gasteiger partial charge is 0.210 e. The molecule has 1 N–H and O–H groups in total. The van der Waals surface area contributed by atoms with Crippen molar-refractivity contribution >= 4 is 0 Å². The number of nitrogens with zero attached hydrogens (tertiary/aromatic N) is 1. The van der Waals surface area contributed by atoms with Crippen molar-refractivity contribution in [3.05, 3.63) is 0 Å². The highest BCUT2D eigenvalue weighted by Crippen LogP contribution is 2.17. The Morgan fingerprint density at radius 1 is 1.36 bits per heavy atom. The highest BCUT2D eigenvalue weighted by atomic mass is 14.9. The molecule has 0 fully saturated rings. The summed E-state index contributed by atoms with van der Waals surface area (Å²) in [6.07, 6.45) is 3.66. The maximum Gasteiger partial charge on any atom is 0.0624 e. The molecule has 2 heteroatoms. The van der Waals surface area contributed by atoms with Crippen LogP contribution >= 0.6 is 0 Å². The van der Waals surface area contributed by atoms with E-state index in [9.17, 15) is 0 Å². The minimum Gasteiger partial charge on any atom is -0.210 e. The summed E-state index contributed by atoms with van der Waals surface area (Å²) in [7, 11) is 0. The van der Waals surface area contributed by atoms with Gasteiger partial charge in [-0.1, -0.05) is 27.2 Å². The lowest BCUT2D eigenvalue weighted by atomic mass is 9.93. The molecular weight excluding hydrogens is 136 g/mol. The molecule has 1 atom stereocenters. The van der Waals surface area contributed by atoms with E-state index in [1.807, 2.05) is 0 Å². The van der Waals surface area contributed by atoms with Crippen molar-refractivity contribution in [1.29, 1.82) is 5.53 Å². The van der Waals surface area contributed by atoms with Crippen LogP contribution in [0.4, 0.5) is 0 Å². The van der Waals surface area contributed by atoms with Crippen molar-refractivity contribution in [2.75, 3.05) is 6.54 Å². The molecule has 0 radical (unpaired) electrons. The van der Waals surface area contributed by atoms with Crippen molar-refractivity contribution in [3.63, 3.8) is 0 Å². The van der Waals surface area contributed by atoms with Gasteiger partial charge in [0.15, 0.2) is 0 Å². The first-order valence-corrected chi connectivity index (χ1v) is 4.53. The van der Waals surface area contributed by atoms with Crippen LogP contribution < -0.4 is 0 Å². The van der Waals surface area contributed by atoms with E-state index in [0.29, 0.717) is 5.92 Å². The van der Waals surface area contributed by atoms with Gasteiger partial charge >= 0.3 is 0 Å². The zero-order chi connectivity index (χ0) is 8.69. The molecule has 2 nitrogen and oxygen atoms in total. The van der Waals surface area contributed by atoms with E-state index < -0.39 is 0 Å². The van der Waals surface area contributed by atoms with Gasteiger partial charge < -0.3 is 0 Å². The average Bonchev–Trinajstić information content (AvgIpc) is 1.87. The van der Waals surface area contributed by atoms with E-state index in [0.717, 1.165) is 12.5 Å². The van der Waals surface area contributed by atoms with Crippen LogP contribution in [0.25, 0.3) is 0 Å². The number of hydrogen-bond donors (Lipinski definition) is 1. The molecule has 0 aliphatic rings. The number of rotatable bonds is 6. The standard InChI is InChI=1S/C9H20N2/c1-4-5-9(7-11-10)6-8(2)3/h8-10H,4-7H2,1-3H3. The van der Waals surface area contributed by atoms with Gasteiger partial charge in [0, 0.05) is 0 Å². The SMILES string of the molecule is CCCC(CN=N)CC(C)C. The van der Waals surface area contributed by atoms with Crippen molar-refractivity contribution in [1.82, 2.24) is 0 Å². The molecule has 0 saturated carbocycles. The predicted molar refractivity (Wildman–Crippen MR) is 47.9 cm³/mol. The fourth-order valence-electron chi connectivity index (χ4n) is 1.49. The van der Waals surface area contributed by atoms with E-state index >= 15 is 0 Å². The molecule has 0 aromatic rings. The van der Waals surface area contributed by atoms with Gasteiger partial charge in [0.2, 0.25) is 0 Å². The van der Waals surface area contributed by atoms with Gasteiger partial charge in [-0.05, 0) is 24.7 Å². The Morgan fingerprint density at radius 2 is 2.00 bits per heavy atom. The second-order valence-corrected chi connectivity index (χ2v) is 3.62. The van der Waals surface area contributed by atoms with Crippen molar-refractivity contribution in [2.24, 2.45) is 17.0 Å². The number of nitrogens with one attached hydrogen (secondary N) is 1. The van der Waals surface area contributed by atoms with Crippen LogP contribution in [0.1, 0.15) is 40.0 Å². The fraction of sp³-hybridized carbons (Fsp3) is 1.00. The van der Waals surface area contributed by atoms with Crippen molar-refractivity contribution < 1.29 is 0 Å². The summed E-state index contributed by atoms with van der Waals surface area (Å²) < 4.78 is 0. The maximum absolute atomic E-state index is 6.78. The van der Waals surface area contributed by atoms with Crippen LogP contribution in [-0.4, -0.2) is 6.54 Å². The lowest BCUT2D eigenvalue weighted by Crippen LogP contribution is -2.07. The Kier molecular flexibility index (Phi) is 6.09. The molecule has 0 spiro atoms. The third kappa shape index (κ3) is 6.02. The van der Waals surface area contributed by atoms with E-state index in [4.69, 9.17) is 5.53 Å². The molecular formula is C9H20N2. The molecule has 0 aliphatic carbocycles. The van der Waals surface area contributed by atoms with Crippen LogP contribution in [0.2, 0.25) is 0 Å². The third-order valence-electron chi connectivity index (χ3n) is 1.85. The van der Waals surface area contributed by atoms with Gasteiger partial charge in [0.25, 0.3) is 0 Å². The molecule has 0 bridgehead atoms. The van der Waals surface area contributed by atoms with E-state index in [2.05, 4.69) is 25.9 Å². The first-order valence-electron chi connectivity index (χ1n) is 4.53. The summed E-state index contributed by atoms with van der Waals surface area (Å²) >= 11 is 0. The highest BCUT2D eigenvalue weighted by Gasteiger charge is 2.08. The average molecular weight is 156 g/mol. The van der Waals surface area contributed by atoms with Gasteiger partial charge in [-0.2, -0.15) is 5.11 Å². The minimum atomic E-state index is 0.650. The van der Waals surface area contributed by atoms with E-state index in [1.54, 1.807) is 0 Å². The first-order chi connectivity index (χ1) is 5.20. The molecule has 0 aromatic carbocycles. The second kappa shape index (κ2) is 6.32. The van der Waals surface area contributed by atoms with Crippen molar-refractivity contribution in [3.8, 4) is 0 Å². The Morgan fingerprint density at radius 3 is 2.36 bits per heavy atom. The van der Waals surface area contributed by atoms with Gasteiger partial charge in [0.05, 0.1) is 6.54 Å². The molecule has 0 aliphatic heterocycles. The van der Waals surface area contributed by atoms with E-state index in [-0.39, 0.29) is 0 Å². The lowest BCUT2D eigenvalue weighted by molar-refractivity contribution is 0.385. The molecule has 66 valence electrons.